The van der Waals surface area contributed by atoms with Crippen molar-refractivity contribution in [2.75, 3.05) is 5.33 Å². The van der Waals surface area contributed by atoms with E-state index in [1.807, 2.05) is 32.0 Å². The van der Waals surface area contributed by atoms with Crippen molar-refractivity contribution in [3.05, 3.63) is 35.9 Å². The molecule has 2 nitrogen and oxygen atoms in total. The van der Waals surface area contributed by atoms with Crippen molar-refractivity contribution < 1.29 is 9.90 Å². The van der Waals surface area contributed by atoms with Gasteiger partial charge in [-0.3, -0.25) is 4.79 Å². The molecular formula is C13H17BrO2. The molecule has 0 aliphatic heterocycles. The number of Topliss-reactive ketones (excluding diaryl/α,β-unsaturated/α-hetero) is 1. The highest BCUT2D eigenvalue weighted by Gasteiger charge is 2.36. The number of rotatable bonds is 5. The predicted molar refractivity (Wildman–Crippen MR) is 68.6 cm³/mol. The van der Waals surface area contributed by atoms with Gasteiger partial charge in [-0.05, 0) is 17.9 Å². The molecule has 1 N–H and O–H groups in total. The third-order valence-corrected chi connectivity index (χ3v) is 3.05. The van der Waals surface area contributed by atoms with Crippen LogP contribution in [0, 0.1) is 5.92 Å². The van der Waals surface area contributed by atoms with Crippen molar-refractivity contribution in [1.82, 2.24) is 0 Å². The van der Waals surface area contributed by atoms with Gasteiger partial charge in [-0.2, -0.15) is 0 Å². The summed E-state index contributed by atoms with van der Waals surface area (Å²) in [4.78, 5) is 11.9. The van der Waals surface area contributed by atoms with Crippen LogP contribution in [0.5, 0.6) is 0 Å². The number of alkyl halides is 1. The number of ketones is 1. The second kappa shape index (κ2) is 5.60. The Morgan fingerprint density at radius 3 is 2.38 bits per heavy atom. The van der Waals surface area contributed by atoms with Gasteiger partial charge in [-0.25, -0.2) is 0 Å². The number of aliphatic hydroxyl groups is 1. The largest absolute Gasteiger partial charge is 0.377 e. The summed E-state index contributed by atoms with van der Waals surface area (Å²) < 4.78 is 0. The fourth-order valence-electron chi connectivity index (χ4n) is 1.81. The quantitative estimate of drug-likeness (QED) is 0.845. The normalized spacial score (nSPS) is 14.8. The Bertz CT molecular complexity index is 348. The summed E-state index contributed by atoms with van der Waals surface area (Å²) >= 11 is 3.13. The molecule has 0 aromatic heterocycles. The van der Waals surface area contributed by atoms with E-state index in [0.717, 1.165) is 0 Å². The zero-order chi connectivity index (χ0) is 12.2. The van der Waals surface area contributed by atoms with E-state index in [1.165, 1.54) is 0 Å². The third-order valence-electron chi connectivity index (χ3n) is 2.54. The summed E-state index contributed by atoms with van der Waals surface area (Å²) in [5, 5.41) is 10.7. The lowest BCUT2D eigenvalue weighted by molar-refractivity contribution is -0.137. The van der Waals surface area contributed by atoms with E-state index in [1.54, 1.807) is 12.1 Å². The molecule has 0 heterocycles. The minimum absolute atomic E-state index is 0.172. The number of benzene rings is 1. The molecule has 0 saturated carbocycles. The Morgan fingerprint density at radius 2 is 1.94 bits per heavy atom. The van der Waals surface area contributed by atoms with Crippen LogP contribution in [-0.2, 0) is 10.4 Å². The first-order valence-corrected chi connectivity index (χ1v) is 6.50. The molecule has 0 saturated heterocycles. The van der Waals surface area contributed by atoms with E-state index >= 15 is 0 Å². The smallest absolute Gasteiger partial charge is 0.179 e. The number of carbonyl (C=O) groups is 1. The van der Waals surface area contributed by atoms with Crippen molar-refractivity contribution >= 4 is 21.7 Å². The maximum Gasteiger partial charge on any atom is 0.179 e. The number of halogens is 1. The number of hydrogen-bond acceptors (Lipinski definition) is 2. The molecule has 1 aromatic rings. The predicted octanol–water partition coefficient (Wildman–Crippen LogP) is 2.88. The summed E-state index contributed by atoms with van der Waals surface area (Å²) in [7, 11) is 0. The molecule has 0 spiro atoms. The second-order valence-corrected chi connectivity index (χ2v) is 4.94. The topological polar surface area (TPSA) is 37.3 Å². The Morgan fingerprint density at radius 1 is 1.38 bits per heavy atom. The molecule has 16 heavy (non-hydrogen) atoms. The first-order valence-electron chi connectivity index (χ1n) is 5.38. The molecule has 0 aliphatic carbocycles. The maximum atomic E-state index is 11.9. The van der Waals surface area contributed by atoms with E-state index in [4.69, 9.17) is 0 Å². The minimum atomic E-state index is -1.36. The monoisotopic (exact) mass is 284 g/mol. The Hall–Kier alpha value is -0.670. The van der Waals surface area contributed by atoms with Crippen LogP contribution in [0.4, 0.5) is 0 Å². The van der Waals surface area contributed by atoms with Crippen LogP contribution < -0.4 is 0 Å². The number of carbonyl (C=O) groups excluding carboxylic acids is 1. The minimum Gasteiger partial charge on any atom is -0.377 e. The van der Waals surface area contributed by atoms with Gasteiger partial charge in [0.2, 0.25) is 0 Å². The van der Waals surface area contributed by atoms with Crippen molar-refractivity contribution in [2.45, 2.75) is 25.9 Å². The fraction of sp³-hybridized carbons (Fsp3) is 0.462. The van der Waals surface area contributed by atoms with Gasteiger partial charge in [-0.1, -0.05) is 60.1 Å². The first-order chi connectivity index (χ1) is 7.50. The van der Waals surface area contributed by atoms with Crippen LogP contribution in [0.25, 0.3) is 0 Å². The molecule has 0 fully saturated rings. The molecule has 1 aromatic carbocycles. The standard InChI is InChI=1S/C13H17BrO2/c1-10(2)8-13(16,12(15)9-14)11-6-4-3-5-7-11/h3-7,10,16H,8-9H2,1-2H3/t13-/m1/s1. The van der Waals surface area contributed by atoms with Gasteiger partial charge < -0.3 is 5.11 Å². The van der Waals surface area contributed by atoms with Gasteiger partial charge in [0.05, 0.1) is 5.33 Å². The third kappa shape index (κ3) is 2.92. The van der Waals surface area contributed by atoms with Crippen LogP contribution in [0.2, 0.25) is 0 Å². The van der Waals surface area contributed by atoms with Crippen molar-refractivity contribution in [3.63, 3.8) is 0 Å². The van der Waals surface area contributed by atoms with Crippen LogP contribution in [0.3, 0.4) is 0 Å². The zero-order valence-corrected chi connectivity index (χ0v) is 11.2. The summed E-state index contributed by atoms with van der Waals surface area (Å²) in [6.45, 7) is 3.99. The molecule has 88 valence electrons. The Balaban J connectivity index is 3.09. The van der Waals surface area contributed by atoms with Gasteiger partial charge in [-0.15, -0.1) is 0 Å². The van der Waals surface area contributed by atoms with Crippen LogP contribution in [0.15, 0.2) is 30.3 Å². The molecule has 0 radical (unpaired) electrons. The Kier molecular flexibility index (Phi) is 4.69. The SMILES string of the molecule is CC(C)C[C@](O)(C(=O)CBr)c1ccccc1. The molecule has 1 atom stereocenters. The van der Waals surface area contributed by atoms with Crippen molar-refractivity contribution in [3.8, 4) is 0 Å². The lowest BCUT2D eigenvalue weighted by Gasteiger charge is -2.28. The van der Waals surface area contributed by atoms with Gasteiger partial charge in [0, 0.05) is 0 Å². The van der Waals surface area contributed by atoms with E-state index in [0.29, 0.717) is 12.0 Å². The molecule has 0 amide bonds. The molecule has 0 bridgehead atoms. The second-order valence-electron chi connectivity index (χ2n) is 4.38. The molecule has 0 unspecified atom stereocenters. The summed E-state index contributed by atoms with van der Waals surface area (Å²) in [6, 6.07) is 9.13. The van der Waals surface area contributed by atoms with Crippen molar-refractivity contribution in [1.29, 1.82) is 0 Å². The highest BCUT2D eigenvalue weighted by atomic mass is 79.9. The van der Waals surface area contributed by atoms with E-state index in [9.17, 15) is 9.90 Å². The summed E-state index contributed by atoms with van der Waals surface area (Å²) in [5.74, 6) is 0.0700. The van der Waals surface area contributed by atoms with Gasteiger partial charge >= 0.3 is 0 Å². The van der Waals surface area contributed by atoms with Crippen LogP contribution in [0.1, 0.15) is 25.8 Å². The number of hydrogen-bond donors (Lipinski definition) is 1. The van der Waals surface area contributed by atoms with Crippen LogP contribution in [-0.4, -0.2) is 16.2 Å². The molecule has 0 aliphatic rings. The first kappa shape index (κ1) is 13.4. The lowest BCUT2D eigenvalue weighted by Crippen LogP contribution is -2.38. The van der Waals surface area contributed by atoms with Crippen LogP contribution >= 0.6 is 15.9 Å². The highest BCUT2D eigenvalue weighted by Crippen LogP contribution is 2.30. The molecule has 1 rings (SSSR count). The lowest BCUT2D eigenvalue weighted by atomic mass is 9.83. The average Bonchev–Trinajstić information content (AvgIpc) is 2.28. The van der Waals surface area contributed by atoms with Gasteiger partial charge in [0.25, 0.3) is 0 Å². The maximum absolute atomic E-state index is 11.9. The summed E-state index contributed by atoms with van der Waals surface area (Å²) in [6.07, 6.45) is 0.446. The van der Waals surface area contributed by atoms with E-state index < -0.39 is 5.60 Å². The summed E-state index contributed by atoms with van der Waals surface area (Å²) in [5.41, 5.74) is -0.688. The zero-order valence-electron chi connectivity index (χ0n) is 9.61. The fourth-order valence-corrected chi connectivity index (χ4v) is 2.27. The van der Waals surface area contributed by atoms with Gasteiger partial charge in [0.15, 0.2) is 5.78 Å². The van der Waals surface area contributed by atoms with Crippen molar-refractivity contribution in [2.24, 2.45) is 5.92 Å². The van der Waals surface area contributed by atoms with Gasteiger partial charge in [0.1, 0.15) is 5.60 Å². The highest BCUT2D eigenvalue weighted by molar-refractivity contribution is 9.09. The van der Waals surface area contributed by atoms with E-state index in [2.05, 4.69) is 15.9 Å². The molecular weight excluding hydrogens is 268 g/mol. The Labute approximate surface area is 105 Å². The molecule has 3 heteroatoms. The van der Waals surface area contributed by atoms with E-state index in [-0.39, 0.29) is 17.0 Å². The average molecular weight is 285 g/mol.